The summed E-state index contributed by atoms with van der Waals surface area (Å²) >= 11 is 12.1. The molecule has 8 nitrogen and oxygen atoms in total. The summed E-state index contributed by atoms with van der Waals surface area (Å²) in [7, 11) is -2.07. The first-order valence-corrected chi connectivity index (χ1v) is 14.3. The number of ether oxygens (including phenoxy) is 2. The molecule has 0 saturated heterocycles. The molecule has 0 bridgehead atoms. The molecule has 36 heavy (non-hydrogen) atoms. The van der Waals surface area contributed by atoms with Crippen molar-refractivity contribution in [1.29, 1.82) is 0 Å². The number of aliphatic hydroxyl groups excluding tert-OH is 1. The van der Waals surface area contributed by atoms with Crippen molar-refractivity contribution in [3.05, 3.63) is 45.2 Å². The summed E-state index contributed by atoms with van der Waals surface area (Å²) in [6.45, 7) is 3.46. The van der Waals surface area contributed by atoms with Crippen LogP contribution in [0.15, 0.2) is 29.6 Å². The Hall–Kier alpha value is -1.41. The minimum absolute atomic E-state index is 0.155. The molecule has 0 aromatic heterocycles. The number of esters is 1. The third-order valence-electron chi connectivity index (χ3n) is 6.03. The minimum atomic E-state index is -2.07. The summed E-state index contributed by atoms with van der Waals surface area (Å²) in [5.74, 6) is 1.34. The maximum absolute atomic E-state index is 12.9. The van der Waals surface area contributed by atoms with Gasteiger partial charge in [0.2, 0.25) is 6.29 Å². The molecule has 1 saturated carbocycles. The highest BCUT2D eigenvalue weighted by Gasteiger charge is 2.27. The van der Waals surface area contributed by atoms with E-state index >= 15 is 0 Å². The molecule has 0 spiro atoms. The largest absolute Gasteiger partial charge is 0.425 e. The maximum atomic E-state index is 12.9. The fourth-order valence-electron chi connectivity index (χ4n) is 4.25. The fraction of sp³-hybridized carbons (Fsp3) is 0.600. The first-order valence-electron chi connectivity index (χ1n) is 12.2. The van der Waals surface area contributed by atoms with E-state index in [0.717, 1.165) is 36.8 Å². The van der Waals surface area contributed by atoms with Crippen LogP contribution in [-0.4, -0.2) is 50.9 Å². The number of hydrogen-bond donors (Lipinski definition) is 3. The highest BCUT2D eigenvalue weighted by Crippen LogP contribution is 2.37. The van der Waals surface area contributed by atoms with E-state index in [1.807, 2.05) is 6.92 Å². The lowest BCUT2D eigenvalue weighted by molar-refractivity contribution is -0.167. The van der Waals surface area contributed by atoms with Gasteiger partial charge in [-0.1, -0.05) is 41.8 Å². The number of benzene rings is 1. The van der Waals surface area contributed by atoms with Gasteiger partial charge < -0.3 is 24.4 Å². The molecular formula is C25H36Cl2NO7P. The van der Waals surface area contributed by atoms with Gasteiger partial charge in [0.05, 0.1) is 10.0 Å². The molecule has 0 heterocycles. The van der Waals surface area contributed by atoms with Gasteiger partial charge in [-0.05, 0) is 80.8 Å². The van der Waals surface area contributed by atoms with Crippen molar-refractivity contribution in [3.8, 4) is 0 Å². The van der Waals surface area contributed by atoms with Crippen LogP contribution in [0.1, 0.15) is 70.8 Å². The smallest absolute Gasteiger partial charge is 0.414 e. The van der Waals surface area contributed by atoms with Gasteiger partial charge in [-0.15, -0.1) is 0 Å². The van der Waals surface area contributed by atoms with Gasteiger partial charge in [-0.3, -0.25) is 9.69 Å². The minimum Gasteiger partial charge on any atom is -0.425 e. The number of carbonyl (C=O) groups excluding carboxylic acids is 2. The van der Waals surface area contributed by atoms with Crippen LogP contribution >= 0.6 is 31.6 Å². The van der Waals surface area contributed by atoms with Gasteiger partial charge in [0.15, 0.2) is 8.38 Å². The van der Waals surface area contributed by atoms with Crippen LogP contribution in [0, 0.1) is 5.92 Å². The van der Waals surface area contributed by atoms with E-state index < -0.39 is 33.0 Å². The zero-order valence-corrected chi connectivity index (χ0v) is 23.1. The molecule has 3 atom stereocenters. The van der Waals surface area contributed by atoms with Gasteiger partial charge in [-0.25, -0.2) is 4.79 Å². The number of hydrogen-bond acceptors (Lipinski definition) is 7. The topological polar surface area (TPSA) is 117 Å². The Morgan fingerprint density at radius 3 is 2.67 bits per heavy atom. The molecule has 1 aromatic carbocycles. The lowest BCUT2D eigenvalue weighted by Gasteiger charge is -2.30. The molecule has 1 amide bonds. The normalized spacial score (nSPS) is 18.7. The molecule has 2 rings (SSSR count). The Kier molecular flexibility index (Phi) is 13.5. The van der Waals surface area contributed by atoms with E-state index in [9.17, 15) is 24.5 Å². The average Bonchev–Trinajstić information content (AvgIpc) is 2.80. The molecule has 3 N–H and O–H groups in total. The Morgan fingerprint density at radius 2 is 2.00 bits per heavy atom. The van der Waals surface area contributed by atoms with E-state index in [1.54, 1.807) is 18.2 Å². The number of amides is 1. The quantitative estimate of drug-likeness (QED) is 0.159. The lowest BCUT2D eigenvalue weighted by Crippen LogP contribution is -2.43. The first-order chi connectivity index (χ1) is 17.1. The fourth-order valence-corrected chi connectivity index (χ4v) is 5.13. The number of allylic oxidation sites excluding steroid dienone is 1. The summed E-state index contributed by atoms with van der Waals surface area (Å²) in [6, 6.07) is 5.18. The number of aliphatic hydroxyl groups is 1. The van der Waals surface area contributed by atoms with E-state index in [4.69, 9.17) is 32.7 Å². The molecule has 3 unspecified atom stereocenters. The van der Waals surface area contributed by atoms with Crippen molar-refractivity contribution in [2.75, 3.05) is 6.54 Å². The van der Waals surface area contributed by atoms with Crippen molar-refractivity contribution in [2.24, 2.45) is 5.92 Å². The molecule has 11 heteroatoms. The molecule has 1 fully saturated rings. The van der Waals surface area contributed by atoms with Crippen LogP contribution in [0.3, 0.4) is 0 Å². The summed E-state index contributed by atoms with van der Waals surface area (Å²) < 4.78 is 10.4. The summed E-state index contributed by atoms with van der Waals surface area (Å²) in [4.78, 5) is 44.5. The summed E-state index contributed by atoms with van der Waals surface area (Å²) in [5, 5.41) is 11.8. The Balaban J connectivity index is 2.03. The van der Waals surface area contributed by atoms with Crippen molar-refractivity contribution < 1.29 is 34.0 Å². The molecule has 0 radical (unpaired) electrons. The van der Waals surface area contributed by atoms with Crippen LogP contribution in [-0.2, 0) is 20.7 Å². The predicted molar refractivity (Wildman–Crippen MR) is 140 cm³/mol. The van der Waals surface area contributed by atoms with Crippen LogP contribution in [0.2, 0.25) is 10.0 Å². The van der Waals surface area contributed by atoms with E-state index in [2.05, 4.69) is 0 Å². The van der Waals surface area contributed by atoms with Crippen molar-refractivity contribution in [1.82, 2.24) is 4.90 Å². The van der Waals surface area contributed by atoms with Crippen LogP contribution in [0.4, 0.5) is 4.79 Å². The van der Waals surface area contributed by atoms with Gasteiger partial charge in [0.1, 0.15) is 6.23 Å². The zero-order chi connectivity index (χ0) is 26.7. The first kappa shape index (κ1) is 30.8. The lowest BCUT2D eigenvalue weighted by atomic mass is 9.83. The number of carbonyl (C=O) groups is 2. The van der Waals surface area contributed by atoms with Crippen LogP contribution in [0.5, 0.6) is 0 Å². The highest BCUT2D eigenvalue weighted by atomic mass is 35.5. The second-order valence-electron chi connectivity index (χ2n) is 9.01. The van der Waals surface area contributed by atoms with Gasteiger partial charge in [-0.2, -0.15) is 0 Å². The van der Waals surface area contributed by atoms with Crippen LogP contribution in [0.25, 0.3) is 0 Å². The maximum Gasteiger partial charge on any atom is 0.414 e. The van der Waals surface area contributed by atoms with Crippen LogP contribution < -0.4 is 0 Å². The van der Waals surface area contributed by atoms with Crippen molar-refractivity contribution in [2.45, 2.75) is 84.2 Å². The third-order valence-corrected chi connectivity index (χ3v) is 7.37. The van der Waals surface area contributed by atoms with E-state index in [1.165, 1.54) is 17.6 Å². The zero-order valence-electron chi connectivity index (χ0n) is 20.7. The van der Waals surface area contributed by atoms with Gasteiger partial charge in [0.25, 0.3) is 0 Å². The standard InChI is InChI=1S/C25H36Cl2NO7P/c1-3-5-24(30)34-17(2)35-25(31)28(13-12-19-8-10-21(26)22(27)15-19)23(29)11-9-18-6-4-7-20(14-18)16-36(32)33/h8,10,15-18,23,29,32-33H,3-7,9,11-14H2,1-2H3. The molecule has 1 aromatic rings. The SMILES string of the molecule is CCCC(=O)OC(C)OC(=O)N(CCc1ccc(Cl)c(Cl)c1)C(O)CCC1CCCC(=CP(O)O)C1. The predicted octanol–water partition coefficient (Wildman–Crippen LogP) is 6.13. The molecular weight excluding hydrogens is 528 g/mol. The Bertz CT molecular complexity index is 899. The number of rotatable bonds is 12. The Morgan fingerprint density at radius 1 is 1.25 bits per heavy atom. The van der Waals surface area contributed by atoms with Gasteiger partial charge >= 0.3 is 12.1 Å². The number of nitrogens with zero attached hydrogens (tertiary/aromatic N) is 1. The number of halogens is 2. The second kappa shape index (κ2) is 15.8. The molecule has 202 valence electrons. The van der Waals surface area contributed by atoms with Crippen molar-refractivity contribution >= 4 is 43.6 Å². The average molecular weight is 564 g/mol. The summed E-state index contributed by atoms with van der Waals surface area (Å²) in [6.07, 6.45) is 2.74. The molecule has 1 aliphatic carbocycles. The highest BCUT2D eigenvalue weighted by molar-refractivity contribution is 7.48. The van der Waals surface area contributed by atoms with Gasteiger partial charge in [0, 0.05) is 19.9 Å². The third kappa shape index (κ3) is 10.9. The monoisotopic (exact) mass is 563 g/mol. The Labute approximate surface area is 224 Å². The summed E-state index contributed by atoms with van der Waals surface area (Å²) in [5.41, 5.74) is 1.86. The van der Waals surface area contributed by atoms with E-state index in [-0.39, 0.29) is 18.9 Å². The molecule has 1 aliphatic rings. The van der Waals surface area contributed by atoms with Crippen molar-refractivity contribution in [3.63, 3.8) is 0 Å². The second-order valence-corrected chi connectivity index (χ2v) is 10.7. The van der Waals surface area contributed by atoms with E-state index in [0.29, 0.717) is 35.7 Å². The molecule has 0 aliphatic heterocycles.